The molecule has 0 N–H and O–H groups in total. The predicted molar refractivity (Wildman–Crippen MR) is 112 cm³/mol. The van der Waals surface area contributed by atoms with Crippen LogP contribution in [0.3, 0.4) is 0 Å². The van der Waals surface area contributed by atoms with Crippen LogP contribution in [0.1, 0.15) is 36.7 Å². The van der Waals surface area contributed by atoms with Gasteiger partial charge in [0.2, 0.25) is 5.88 Å². The van der Waals surface area contributed by atoms with Crippen LogP contribution in [0.15, 0.2) is 36.8 Å². The first-order valence-corrected chi connectivity index (χ1v) is 10.4. The minimum atomic E-state index is 0.584. The van der Waals surface area contributed by atoms with Crippen LogP contribution in [0.4, 0.5) is 5.69 Å². The highest BCUT2D eigenvalue weighted by Crippen LogP contribution is 2.34. The first-order valence-electron chi connectivity index (χ1n) is 10.4. The SMILES string of the molecule is COc1ncnc2ccc(N3CCN(Cc4ccnc(C5CCC5)n4)CC3)cc12. The first kappa shape index (κ1) is 18.2. The molecule has 2 fully saturated rings. The number of fused-ring (bicyclic) bond motifs is 1. The molecule has 1 saturated heterocycles. The Balaban J connectivity index is 1.24. The van der Waals surface area contributed by atoms with Gasteiger partial charge >= 0.3 is 0 Å². The van der Waals surface area contributed by atoms with E-state index in [0.717, 1.165) is 55.1 Å². The highest BCUT2D eigenvalue weighted by atomic mass is 16.5. The van der Waals surface area contributed by atoms with Crippen molar-refractivity contribution in [3.63, 3.8) is 0 Å². The van der Waals surface area contributed by atoms with Crippen LogP contribution in [0.2, 0.25) is 0 Å². The van der Waals surface area contributed by atoms with E-state index in [1.165, 1.54) is 24.9 Å². The molecule has 150 valence electrons. The molecule has 5 rings (SSSR count). The van der Waals surface area contributed by atoms with Crippen molar-refractivity contribution in [1.82, 2.24) is 24.8 Å². The van der Waals surface area contributed by atoms with E-state index in [1.54, 1.807) is 13.4 Å². The summed E-state index contributed by atoms with van der Waals surface area (Å²) in [4.78, 5) is 22.8. The Morgan fingerprint density at radius 3 is 2.66 bits per heavy atom. The van der Waals surface area contributed by atoms with Gasteiger partial charge in [0.15, 0.2) is 0 Å². The normalized spacial score (nSPS) is 18.0. The second-order valence-corrected chi connectivity index (χ2v) is 7.88. The quantitative estimate of drug-likeness (QED) is 0.663. The van der Waals surface area contributed by atoms with Gasteiger partial charge in [-0.15, -0.1) is 0 Å². The summed E-state index contributed by atoms with van der Waals surface area (Å²) in [5, 5.41) is 0.958. The Hall–Kier alpha value is -2.80. The molecule has 1 aromatic carbocycles. The molecule has 3 aromatic rings. The van der Waals surface area contributed by atoms with Crippen molar-refractivity contribution in [2.75, 3.05) is 38.2 Å². The number of benzene rings is 1. The number of nitrogens with zero attached hydrogens (tertiary/aromatic N) is 6. The summed E-state index contributed by atoms with van der Waals surface area (Å²) in [6.45, 7) is 4.91. The molecule has 2 aliphatic rings. The lowest BCUT2D eigenvalue weighted by atomic mass is 9.85. The van der Waals surface area contributed by atoms with E-state index in [1.807, 2.05) is 12.3 Å². The molecule has 2 aromatic heterocycles. The molecule has 7 nitrogen and oxygen atoms in total. The number of hydrogen-bond acceptors (Lipinski definition) is 7. The molecule has 0 unspecified atom stereocenters. The summed E-state index contributed by atoms with van der Waals surface area (Å²) >= 11 is 0. The van der Waals surface area contributed by atoms with Crippen molar-refractivity contribution >= 4 is 16.6 Å². The Labute approximate surface area is 170 Å². The number of anilines is 1. The average Bonchev–Trinajstić information content (AvgIpc) is 2.72. The van der Waals surface area contributed by atoms with Gasteiger partial charge in [-0.2, -0.15) is 0 Å². The van der Waals surface area contributed by atoms with Crippen molar-refractivity contribution in [1.29, 1.82) is 0 Å². The molecule has 0 spiro atoms. The van der Waals surface area contributed by atoms with Gasteiger partial charge < -0.3 is 9.64 Å². The topological polar surface area (TPSA) is 67.3 Å². The van der Waals surface area contributed by atoms with Crippen molar-refractivity contribution in [3.05, 3.63) is 48.3 Å². The molecule has 1 aliphatic carbocycles. The fraction of sp³-hybridized carbons (Fsp3) is 0.455. The lowest BCUT2D eigenvalue weighted by Gasteiger charge is -2.36. The van der Waals surface area contributed by atoms with Gasteiger partial charge in [0.1, 0.15) is 12.2 Å². The third-order valence-electron chi connectivity index (χ3n) is 6.10. The van der Waals surface area contributed by atoms with Crippen LogP contribution in [-0.2, 0) is 6.54 Å². The fourth-order valence-electron chi connectivity index (χ4n) is 4.14. The summed E-state index contributed by atoms with van der Waals surface area (Å²) < 4.78 is 5.40. The van der Waals surface area contributed by atoms with Crippen molar-refractivity contribution in [3.8, 4) is 5.88 Å². The Morgan fingerprint density at radius 1 is 1.03 bits per heavy atom. The van der Waals surface area contributed by atoms with Crippen LogP contribution in [0.5, 0.6) is 5.88 Å². The van der Waals surface area contributed by atoms with E-state index in [9.17, 15) is 0 Å². The molecule has 29 heavy (non-hydrogen) atoms. The predicted octanol–water partition coefficient (Wildman–Crippen LogP) is 3.02. The van der Waals surface area contributed by atoms with Gasteiger partial charge in [-0.05, 0) is 37.1 Å². The van der Waals surface area contributed by atoms with Gasteiger partial charge in [-0.3, -0.25) is 4.90 Å². The van der Waals surface area contributed by atoms with E-state index in [-0.39, 0.29) is 0 Å². The highest BCUT2D eigenvalue weighted by molar-refractivity contribution is 5.86. The van der Waals surface area contributed by atoms with E-state index < -0.39 is 0 Å². The smallest absolute Gasteiger partial charge is 0.224 e. The van der Waals surface area contributed by atoms with E-state index in [2.05, 4.69) is 43.0 Å². The minimum Gasteiger partial charge on any atom is -0.480 e. The Kier molecular flexibility index (Phi) is 4.97. The molecular formula is C22H26N6O. The van der Waals surface area contributed by atoms with Gasteiger partial charge in [-0.1, -0.05) is 6.42 Å². The van der Waals surface area contributed by atoms with E-state index in [4.69, 9.17) is 9.72 Å². The van der Waals surface area contributed by atoms with Gasteiger partial charge in [0, 0.05) is 50.5 Å². The number of hydrogen-bond donors (Lipinski definition) is 0. The van der Waals surface area contributed by atoms with Crippen LogP contribution in [-0.4, -0.2) is 58.1 Å². The second kappa shape index (κ2) is 7.91. The van der Waals surface area contributed by atoms with Crippen molar-refractivity contribution in [2.45, 2.75) is 31.7 Å². The zero-order valence-electron chi connectivity index (χ0n) is 16.8. The molecule has 1 saturated carbocycles. The standard InChI is InChI=1S/C22H26N6O/c1-29-22-19-13-18(5-6-20(19)24-15-25-22)28-11-9-27(10-12-28)14-17-7-8-23-21(26-17)16-3-2-4-16/h5-8,13,15-16H,2-4,9-12,14H2,1H3. The largest absolute Gasteiger partial charge is 0.480 e. The van der Waals surface area contributed by atoms with Crippen LogP contribution < -0.4 is 9.64 Å². The highest BCUT2D eigenvalue weighted by Gasteiger charge is 2.23. The third kappa shape index (κ3) is 3.74. The molecule has 0 bridgehead atoms. The third-order valence-corrected chi connectivity index (χ3v) is 6.10. The fourth-order valence-corrected chi connectivity index (χ4v) is 4.14. The van der Waals surface area contributed by atoms with E-state index in [0.29, 0.717) is 11.8 Å². The summed E-state index contributed by atoms with van der Waals surface area (Å²) in [5.41, 5.74) is 3.24. The van der Waals surface area contributed by atoms with E-state index >= 15 is 0 Å². The zero-order valence-corrected chi connectivity index (χ0v) is 16.8. The van der Waals surface area contributed by atoms with Gasteiger partial charge in [0.25, 0.3) is 0 Å². The number of methoxy groups -OCH3 is 1. The number of ether oxygens (including phenoxy) is 1. The lowest BCUT2D eigenvalue weighted by Crippen LogP contribution is -2.46. The molecule has 0 amide bonds. The lowest BCUT2D eigenvalue weighted by molar-refractivity contribution is 0.246. The molecular weight excluding hydrogens is 364 g/mol. The number of aromatic nitrogens is 4. The molecule has 1 aliphatic heterocycles. The summed E-state index contributed by atoms with van der Waals surface area (Å²) in [6, 6.07) is 8.38. The summed E-state index contributed by atoms with van der Waals surface area (Å²) in [7, 11) is 1.65. The number of rotatable bonds is 5. The maximum absolute atomic E-state index is 5.40. The maximum atomic E-state index is 5.40. The van der Waals surface area contributed by atoms with Gasteiger partial charge in [-0.25, -0.2) is 19.9 Å². The van der Waals surface area contributed by atoms with Gasteiger partial charge in [0.05, 0.1) is 23.7 Å². The van der Waals surface area contributed by atoms with Crippen LogP contribution in [0.25, 0.3) is 10.9 Å². The van der Waals surface area contributed by atoms with Crippen LogP contribution >= 0.6 is 0 Å². The Bertz CT molecular complexity index is 998. The Morgan fingerprint density at radius 2 is 1.90 bits per heavy atom. The summed E-state index contributed by atoms with van der Waals surface area (Å²) in [6.07, 6.45) is 7.26. The molecule has 3 heterocycles. The molecule has 0 atom stereocenters. The van der Waals surface area contributed by atoms with Crippen LogP contribution in [0, 0.1) is 0 Å². The van der Waals surface area contributed by atoms with Crippen molar-refractivity contribution < 1.29 is 4.74 Å². The van der Waals surface area contributed by atoms with Crippen molar-refractivity contribution in [2.24, 2.45) is 0 Å². The number of piperazine rings is 1. The maximum Gasteiger partial charge on any atom is 0.224 e. The first-order chi connectivity index (χ1) is 14.3. The zero-order chi connectivity index (χ0) is 19.6. The molecule has 7 heteroatoms. The second-order valence-electron chi connectivity index (χ2n) is 7.88. The monoisotopic (exact) mass is 390 g/mol. The summed E-state index contributed by atoms with van der Waals surface area (Å²) in [5.74, 6) is 2.25. The molecule has 0 radical (unpaired) electrons. The average molecular weight is 390 g/mol. The minimum absolute atomic E-state index is 0.584.